The highest BCUT2D eigenvalue weighted by Gasteiger charge is 2.25. The normalized spacial score (nSPS) is 16.8. The van der Waals surface area contributed by atoms with E-state index in [1.807, 2.05) is 18.2 Å². The Hall–Kier alpha value is -1.61. The molecule has 2 heterocycles. The number of hydrogen-bond acceptors (Lipinski definition) is 3. The molecule has 5 nitrogen and oxygen atoms in total. The van der Waals surface area contributed by atoms with Gasteiger partial charge in [0.25, 0.3) is 0 Å². The van der Waals surface area contributed by atoms with E-state index in [-0.39, 0.29) is 35.8 Å². The second-order valence-corrected chi connectivity index (χ2v) is 6.80. The average Bonchev–Trinajstić information content (AvgIpc) is 3.10. The molecule has 0 amide bonds. The summed E-state index contributed by atoms with van der Waals surface area (Å²) in [7, 11) is 1.74. The van der Waals surface area contributed by atoms with E-state index in [9.17, 15) is 4.39 Å². The summed E-state index contributed by atoms with van der Waals surface area (Å²) < 4.78 is 13.4. The highest BCUT2D eigenvalue weighted by Crippen LogP contribution is 2.25. The lowest BCUT2D eigenvalue weighted by Gasteiger charge is -2.20. The highest BCUT2D eigenvalue weighted by atomic mass is 127. The molecule has 27 heavy (non-hydrogen) atoms. The van der Waals surface area contributed by atoms with Crippen LogP contribution < -0.4 is 15.5 Å². The van der Waals surface area contributed by atoms with Gasteiger partial charge in [-0.1, -0.05) is 23.7 Å². The SMILES string of the molecule is CN=C(NCc1ccc(F)c(C)c1)NC1CCN(c2ncccc2Cl)C1.I. The summed E-state index contributed by atoms with van der Waals surface area (Å²) in [6.07, 6.45) is 2.73. The van der Waals surface area contributed by atoms with Crippen LogP contribution in [0.5, 0.6) is 0 Å². The molecule has 0 bridgehead atoms. The zero-order chi connectivity index (χ0) is 18.5. The maximum absolute atomic E-state index is 13.4. The predicted octanol–water partition coefficient (Wildman–Crippen LogP) is 3.74. The summed E-state index contributed by atoms with van der Waals surface area (Å²) in [4.78, 5) is 10.8. The summed E-state index contributed by atoms with van der Waals surface area (Å²) in [5, 5.41) is 7.38. The molecule has 0 aliphatic carbocycles. The molecule has 0 radical (unpaired) electrons. The van der Waals surface area contributed by atoms with Crippen LogP contribution in [0.1, 0.15) is 17.5 Å². The van der Waals surface area contributed by atoms with Crippen molar-refractivity contribution in [3.05, 3.63) is 58.5 Å². The Bertz CT molecular complexity index is 801. The molecule has 2 N–H and O–H groups in total. The molecular weight excluding hydrogens is 480 g/mol. The Morgan fingerprint density at radius 2 is 2.22 bits per heavy atom. The van der Waals surface area contributed by atoms with Crippen molar-refractivity contribution >= 4 is 47.4 Å². The van der Waals surface area contributed by atoms with Crippen LogP contribution in [0.25, 0.3) is 0 Å². The molecule has 1 unspecified atom stereocenters. The van der Waals surface area contributed by atoms with E-state index in [2.05, 4.69) is 25.5 Å². The molecule has 0 saturated carbocycles. The number of aliphatic imine (C=N–C) groups is 1. The van der Waals surface area contributed by atoms with Gasteiger partial charge in [0.05, 0.1) is 5.02 Å². The van der Waals surface area contributed by atoms with E-state index >= 15 is 0 Å². The van der Waals surface area contributed by atoms with Gasteiger partial charge in [0, 0.05) is 38.9 Å². The fourth-order valence-electron chi connectivity index (χ4n) is 3.07. The van der Waals surface area contributed by atoms with Crippen molar-refractivity contribution in [2.45, 2.75) is 25.9 Å². The lowest BCUT2D eigenvalue weighted by Crippen LogP contribution is -2.44. The summed E-state index contributed by atoms with van der Waals surface area (Å²) >= 11 is 6.24. The largest absolute Gasteiger partial charge is 0.353 e. The molecule has 3 rings (SSSR count). The van der Waals surface area contributed by atoms with Gasteiger partial charge in [0.15, 0.2) is 5.96 Å². The minimum atomic E-state index is -0.185. The topological polar surface area (TPSA) is 52.6 Å². The number of nitrogens with zero attached hydrogens (tertiary/aromatic N) is 3. The first-order valence-electron chi connectivity index (χ1n) is 8.64. The van der Waals surface area contributed by atoms with Crippen molar-refractivity contribution in [1.29, 1.82) is 0 Å². The van der Waals surface area contributed by atoms with Gasteiger partial charge in [-0.15, -0.1) is 24.0 Å². The summed E-state index contributed by atoms with van der Waals surface area (Å²) in [5.41, 5.74) is 1.66. The standard InChI is InChI=1S/C19H23ClFN5.HI/c1-13-10-14(5-6-17(13)21)11-24-19(22-2)25-15-7-9-26(12-15)18-16(20)4-3-8-23-18;/h3-6,8,10,15H,7,9,11-12H2,1-2H3,(H2,22,24,25);1H. The molecule has 1 aromatic heterocycles. The quantitative estimate of drug-likeness (QED) is 0.379. The number of hydrogen-bond donors (Lipinski definition) is 2. The van der Waals surface area contributed by atoms with Gasteiger partial charge >= 0.3 is 0 Å². The first kappa shape index (κ1) is 21.7. The van der Waals surface area contributed by atoms with Crippen LogP contribution in [0.2, 0.25) is 5.02 Å². The van der Waals surface area contributed by atoms with Crippen molar-refractivity contribution in [1.82, 2.24) is 15.6 Å². The lowest BCUT2D eigenvalue weighted by molar-refractivity contribution is 0.616. The van der Waals surface area contributed by atoms with Crippen molar-refractivity contribution in [3.8, 4) is 0 Å². The number of benzene rings is 1. The number of nitrogens with one attached hydrogen (secondary N) is 2. The van der Waals surface area contributed by atoms with E-state index in [0.29, 0.717) is 17.1 Å². The number of halogens is 3. The molecule has 1 aromatic carbocycles. The lowest BCUT2D eigenvalue weighted by atomic mass is 10.1. The van der Waals surface area contributed by atoms with Gasteiger partial charge in [-0.2, -0.15) is 0 Å². The molecule has 1 aliphatic heterocycles. The third-order valence-electron chi connectivity index (χ3n) is 4.47. The summed E-state index contributed by atoms with van der Waals surface area (Å²) in [6, 6.07) is 9.07. The minimum absolute atomic E-state index is 0. The van der Waals surface area contributed by atoms with E-state index in [0.717, 1.165) is 36.9 Å². The predicted molar refractivity (Wildman–Crippen MR) is 120 cm³/mol. The molecule has 1 fully saturated rings. The molecule has 1 saturated heterocycles. The second kappa shape index (κ2) is 10.1. The maximum atomic E-state index is 13.4. The Labute approximate surface area is 181 Å². The molecule has 2 aromatic rings. The van der Waals surface area contributed by atoms with E-state index in [1.165, 1.54) is 6.07 Å². The number of pyridine rings is 1. The Balaban J connectivity index is 0.00000261. The van der Waals surface area contributed by atoms with Crippen LogP contribution in [-0.4, -0.2) is 37.1 Å². The molecule has 1 atom stereocenters. The van der Waals surface area contributed by atoms with Crippen LogP contribution >= 0.6 is 35.6 Å². The van der Waals surface area contributed by atoms with Crippen molar-refractivity contribution in [2.75, 3.05) is 25.0 Å². The van der Waals surface area contributed by atoms with Crippen LogP contribution in [0.3, 0.4) is 0 Å². The van der Waals surface area contributed by atoms with Gasteiger partial charge in [-0.3, -0.25) is 4.99 Å². The number of guanidine groups is 1. The van der Waals surface area contributed by atoms with Gasteiger partial charge < -0.3 is 15.5 Å². The molecular formula is C19H24ClFIN5. The van der Waals surface area contributed by atoms with E-state index < -0.39 is 0 Å². The van der Waals surface area contributed by atoms with E-state index in [1.54, 1.807) is 26.2 Å². The zero-order valence-corrected chi connectivity index (χ0v) is 18.5. The van der Waals surface area contributed by atoms with Crippen LogP contribution in [0.15, 0.2) is 41.5 Å². The fraction of sp³-hybridized carbons (Fsp3) is 0.368. The minimum Gasteiger partial charge on any atom is -0.353 e. The van der Waals surface area contributed by atoms with Crippen molar-refractivity contribution in [3.63, 3.8) is 0 Å². The van der Waals surface area contributed by atoms with Crippen LogP contribution in [-0.2, 0) is 6.54 Å². The van der Waals surface area contributed by atoms with Gasteiger partial charge in [0.1, 0.15) is 11.6 Å². The second-order valence-electron chi connectivity index (χ2n) is 6.39. The maximum Gasteiger partial charge on any atom is 0.191 e. The molecule has 0 spiro atoms. The van der Waals surface area contributed by atoms with Crippen LogP contribution in [0, 0.1) is 12.7 Å². The van der Waals surface area contributed by atoms with Crippen molar-refractivity contribution < 1.29 is 4.39 Å². The molecule has 146 valence electrons. The van der Waals surface area contributed by atoms with Crippen molar-refractivity contribution in [2.24, 2.45) is 4.99 Å². The Kier molecular flexibility index (Phi) is 8.09. The van der Waals surface area contributed by atoms with Gasteiger partial charge in [0.2, 0.25) is 0 Å². The average molecular weight is 504 g/mol. The smallest absolute Gasteiger partial charge is 0.191 e. The zero-order valence-electron chi connectivity index (χ0n) is 15.4. The number of aromatic nitrogens is 1. The van der Waals surface area contributed by atoms with E-state index in [4.69, 9.17) is 11.6 Å². The van der Waals surface area contributed by atoms with Gasteiger partial charge in [-0.25, -0.2) is 9.37 Å². The molecule has 1 aliphatic rings. The number of rotatable bonds is 4. The summed E-state index contributed by atoms with van der Waals surface area (Å²) in [5.74, 6) is 1.37. The fourth-order valence-corrected chi connectivity index (χ4v) is 3.31. The third-order valence-corrected chi connectivity index (χ3v) is 4.77. The molecule has 8 heteroatoms. The Morgan fingerprint density at radius 1 is 1.41 bits per heavy atom. The first-order chi connectivity index (χ1) is 12.6. The number of anilines is 1. The Morgan fingerprint density at radius 3 is 2.93 bits per heavy atom. The van der Waals surface area contributed by atoms with Crippen LogP contribution in [0.4, 0.5) is 10.2 Å². The monoisotopic (exact) mass is 503 g/mol. The third kappa shape index (κ3) is 5.68. The number of aryl methyl sites for hydroxylation is 1. The van der Waals surface area contributed by atoms with Gasteiger partial charge in [-0.05, 0) is 42.7 Å². The summed E-state index contributed by atoms with van der Waals surface area (Å²) in [6.45, 7) is 4.06. The first-order valence-corrected chi connectivity index (χ1v) is 9.02. The highest BCUT2D eigenvalue weighted by molar-refractivity contribution is 14.0.